The lowest BCUT2D eigenvalue weighted by atomic mass is 10.2. The van der Waals surface area contributed by atoms with E-state index in [0.29, 0.717) is 23.5 Å². The summed E-state index contributed by atoms with van der Waals surface area (Å²) in [6.07, 6.45) is 0.617. The van der Waals surface area contributed by atoms with Crippen LogP contribution in [0, 0.1) is 0 Å². The Morgan fingerprint density at radius 2 is 1.85 bits per heavy atom. The minimum atomic E-state index is -0.808. The summed E-state index contributed by atoms with van der Waals surface area (Å²) in [6.45, 7) is 10.3. The number of thioether (sulfide) groups is 1. The fourth-order valence-corrected chi connectivity index (χ4v) is 3.82. The van der Waals surface area contributed by atoms with Crippen LogP contribution in [0.4, 0.5) is 4.79 Å². The highest BCUT2D eigenvalue weighted by molar-refractivity contribution is 8.00. The molecule has 20 heavy (non-hydrogen) atoms. The highest BCUT2D eigenvalue weighted by Crippen LogP contribution is 2.25. The van der Waals surface area contributed by atoms with E-state index in [1.165, 1.54) is 0 Å². The van der Waals surface area contributed by atoms with Gasteiger partial charge in [0.1, 0.15) is 0 Å². The third-order valence-corrected chi connectivity index (χ3v) is 4.58. The Kier molecular flexibility index (Phi) is 6.65. The van der Waals surface area contributed by atoms with Crippen LogP contribution in [0.5, 0.6) is 0 Å². The molecule has 2 unspecified atom stereocenters. The van der Waals surface area contributed by atoms with E-state index in [1.54, 1.807) is 4.90 Å². The molecule has 1 aliphatic heterocycles. The largest absolute Gasteiger partial charge is 0.481 e. The molecule has 6 heteroatoms. The molecule has 1 N–H and O–H groups in total. The molecule has 0 saturated carbocycles. The summed E-state index contributed by atoms with van der Waals surface area (Å²) in [5.41, 5.74) is 0. The zero-order valence-corrected chi connectivity index (χ0v) is 13.7. The average Bonchev–Trinajstić information content (AvgIpc) is 2.31. The zero-order chi connectivity index (χ0) is 15.3. The molecule has 1 rings (SSSR count). The van der Waals surface area contributed by atoms with Gasteiger partial charge < -0.3 is 14.9 Å². The maximum absolute atomic E-state index is 12.6. The van der Waals surface area contributed by atoms with Crippen LogP contribution in [0.3, 0.4) is 0 Å². The number of aliphatic carboxylic acids is 1. The van der Waals surface area contributed by atoms with Crippen molar-refractivity contribution in [1.29, 1.82) is 0 Å². The maximum Gasteiger partial charge on any atom is 0.320 e. The summed E-state index contributed by atoms with van der Waals surface area (Å²) >= 11 is 1.91. The summed E-state index contributed by atoms with van der Waals surface area (Å²) in [5.74, 6) is -0.808. The normalized spacial score (nSPS) is 22.9. The predicted molar refractivity (Wildman–Crippen MR) is 82.2 cm³/mol. The number of nitrogens with zero attached hydrogens (tertiary/aromatic N) is 2. The van der Waals surface area contributed by atoms with Crippen molar-refractivity contribution in [2.45, 2.75) is 57.1 Å². The third kappa shape index (κ3) is 5.23. The lowest BCUT2D eigenvalue weighted by Crippen LogP contribution is -2.52. The van der Waals surface area contributed by atoms with Crippen LogP contribution >= 0.6 is 11.8 Å². The molecule has 1 heterocycles. The Hall–Kier alpha value is -0.910. The molecule has 0 aromatic carbocycles. The minimum Gasteiger partial charge on any atom is -0.481 e. The van der Waals surface area contributed by atoms with E-state index in [0.717, 1.165) is 13.1 Å². The van der Waals surface area contributed by atoms with Crippen LogP contribution < -0.4 is 0 Å². The first kappa shape index (κ1) is 17.1. The second kappa shape index (κ2) is 7.76. The first-order chi connectivity index (χ1) is 9.31. The highest BCUT2D eigenvalue weighted by Gasteiger charge is 2.29. The van der Waals surface area contributed by atoms with Gasteiger partial charge in [0, 0.05) is 42.6 Å². The van der Waals surface area contributed by atoms with Crippen LogP contribution in [0.15, 0.2) is 0 Å². The summed E-state index contributed by atoms with van der Waals surface area (Å²) in [7, 11) is 0. The molecule has 2 atom stereocenters. The lowest BCUT2D eigenvalue weighted by Gasteiger charge is -2.39. The fourth-order valence-electron chi connectivity index (χ4n) is 2.49. The Bertz CT molecular complexity index is 339. The molecule has 0 aromatic heterocycles. The molecule has 2 amide bonds. The highest BCUT2D eigenvalue weighted by atomic mass is 32.2. The quantitative estimate of drug-likeness (QED) is 0.847. The van der Waals surface area contributed by atoms with Crippen LogP contribution in [-0.4, -0.2) is 63.1 Å². The van der Waals surface area contributed by atoms with Gasteiger partial charge in [0.2, 0.25) is 0 Å². The number of hydrogen-bond acceptors (Lipinski definition) is 3. The van der Waals surface area contributed by atoms with Crippen molar-refractivity contribution in [1.82, 2.24) is 9.80 Å². The molecule has 1 aliphatic rings. The van der Waals surface area contributed by atoms with Crippen LogP contribution in [0.2, 0.25) is 0 Å². The van der Waals surface area contributed by atoms with E-state index in [1.807, 2.05) is 30.5 Å². The summed E-state index contributed by atoms with van der Waals surface area (Å²) in [6, 6.07) is 0.140. The number of carboxylic acid groups (broad SMARTS) is 1. The van der Waals surface area contributed by atoms with Gasteiger partial charge in [-0.2, -0.15) is 11.8 Å². The number of amides is 2. The van der Waals surface area contributed by atoms with Gasteiger partial charge in [-0.05, 0) is 20.3 Å². The molecule has 5 nitrogen and oxygen atoms in total. The second-order valence-electron chi connectivity index (χ2n) is 5.73. The molecule has 116 valence electrons. The van der Waals surface area contributed by atoms with Gasteiger partial charge in [-0.15, -0.1) is 0 Å². The Morgan fingerprint density at radius 3 is 2.30 bits per heavy atom. The van der Waals surface area contributed by atoms with Gasteiger partial charge in [-0.1, -0.05) is 13.8 Å². The van der Waals surface area contributed by atoms with E-state index in [9.17, 15) is 9.59 Å². The van der Waals surface area contributed by atoms with Gasteiger partial charge in [0.15, 0.2) is 0 Å². The zero-order valence-electron chi connectivity index (χ0n) is 12.8. The number of hydrogen-bond donors (Lipinski definition) is 1. The van der Waals surface area contributed by atoms with Crippen LogP contribution in [0.25, 0.3) is 0 Å². The summed E-state index contributed by atoms with van der Waals surface area (Å²) < 4.78 is 0. The molecule has 0 bridgehead atoms. The summed E-state index contributed by atoms with van der Waals surface area (Å²) in [5, 5.41) is 9.61. The van der Waals surface area contributed by atoms with Crippen molar-refractivity contribution in [3.8, 4) is 0 Å². The van der Waals surface area contributed by atoms with Crippen LogP contribution in [0.1, 0.15) is 40.5 Å². The average molecular weight is 302 g/mol. The molecule has 1 saturated heterocycles. The van der Waals surface area contributed by atoms with Crippen molar-refractivity contribution in [3.05, 3.63) is 0 Å². The maximum atomic E-state index is 12.6. The number of urea groups is 1. The molecule has 1 fully saturated rings. The Labute approximate surface area is 125 Å². The third-order valence-electron chi connectivity index (χ3n) is 3.35. The van der Waals surface area contributed by atoms with E-state index < -0.39 is 5.97 Å². The van der Waals surface area contributed by atoms with E-state index in [2.05, 4.69) is 13.8 Å². The Morgan fingerprint density at radius 1 is 1.30 bits per heavy atom. The Balaban J connectivity index is 2.61. The molecule has 0 radical (unpaired) electrons. The number of carbonyl (C=O) groups is 2. The first-order valence-electron chi connectivity index (χ1n) is 7.24. The van der Waals surface area contributed by atoms with E-state index in [-0.39, 0.29) is 18.5 Å². The van der Waals surface area contributed by atoms with Gasteiger partial charge in [-0.25, -0.2) is 4.79 Å². The van der Waals surface area contributed by atoms with Gasteiger partial charge in [0.25, 0.3) is 0 Å². The molecule has 0 aromatic rings. The monoisotopic (exact) mass is 302 g/mol. The first-order valence-corrected chi connectivity index (χ1v) is 8.18. The molecule has 0 aliphatic carbocycles. The van der Waals surface area contributed by atoms with Crippen molar-refractivity contribution < 1.29 is 14.7 Å². The van der Waals surface area contributed by atoms with Gasteiger partial charge in [0.05, 0.1) is 0 Å². The van der Waals surface area contributed by atoms with Crippen molar-refractivity contribution in [2.75, 3.05) is 19.6 Å². The minimum absolute atomic E-state index is 0.0457. The van der Waals surface area contributed by atoms with Gasteiger partial charge >= 0.3 is 12.0 Å². The van der Waals surface area contributed by atoms with Crippen LogP contribution in [-0.2, 0) is 4.79 Å². The van der Waals surface area contributed by atoms with Gasteiger partial charge in [-0.3, -0.25) is 4.79 Å². The fraction of sp³-hybridized carbons (Fsp3) is 0.857. The predicted octanol–water partition coefficient (Wildman–Crippen LogP) is 2.51. The topological polar surface area (TPSA) is 60.9 Å². The molecular formula is C14H26N2O3S. The summed E-state index contributed by atoms with van der Waals surface area (Å²) in [4.78, 5) is 26.9. The number of carboxylic acids is 1. The van der Waals surface area contributed by atoms with Crippen molar-refractivity contribution in [2.24, 2.45) is 0 Å². The number of carbonyl (C=O) groups excluding carboxylic acids is 1. The van der Waals surface area contributed by atoms with E-state index in [4.69, 9.17) is 5.11 Å². The molecular weight excluding hydrogens is 276 g/mol. The smallest absolute Gasteiger partial charge is 0.320 e. The SMILES string of the molecule is CC1CN(C(=O)N(CCCC(=O)O)C(C)C)CC(C)S1. The van der Waals surface area contributed by atoms with Crippen molar-refractivity contribution in [3.63, 3.8) is 0 Å². The molecule has 0 spiro atoms. The number of rotatable bonds is 5. The second-order valence-corrected chi connectivity index (χ2v) is 7.61. The lowest BCUT2D eigenvalue weighted by molar-refractivity contribution is -0.137. The van der Waals surface area contributed by atoms with Crippen molar-refractivity contribution >= 4 is 23.8 Å². The standard InChI is InChI=1S/C14H26N2O3S/c1-10(2)16(7-5-6-13(17)18)14(19)15-8-11(3)20-12(4)9-15/h10-12H,5-9H2,1-4H3,(H,17,18). The van der Waals surface area contributed by atoms with E-state index >= 15 is 0 Å².